The molecule has 4 rings (SSSR count). The summed E-state index contributed by atoms with van der Waals surface area (Å²) < 4.78 is 3.78. The lowest BCUT2D eigenvalue weighted by Gasteiger charge is -1.97. The minimum Gasteiger partial charge on any atom is -0.268 e. The van der Waals surface area contributed by atoms with E-state index in [1.807, 2.05) is 48.0 Å². The molecule has 0 atom stereocenters. The summed E-state index contributed by atoms with van der Waals surface area (Å²) >= 11 is 0. The minimum absolute atomic E-state index is 1.18. The lowest BCUT2D eigenvalue weighted by Crippen LogP contribution is -1.90. The first-order chi connectivity index (χ1) is 10.2. The van der Waals surface area contributed by atoms with Gasteiger partial charge in [-0.05, 0) is 18.6 Å². The number of aryl methyl sites for hydroxylation is 3. The molecule has 0 amide bonds. The minimum atomic E-state index is 1.18. The van der Waals surface area contributed by atoms with Crippen molar-refractivity contribution in [3.8, 4) is 0 Å². The van der Waals surface area contributed by atoms with Crippen molar-refractivity contribution < 1.29 is 0 Å². The summed E-state index contributed by atoms with van der Waals surface area (Å²) in [6.45, 7) is 2.10. The second-order valence-electron chi connectivity index (χ2n) is 5.11. The van der Waals surface area contributed by atoms with E-state index in [4.69, 9.17) is 0 Å². The number of para-hydroxylation sites is 2. The zero-order valence-electron chi connectivity index (χ0n) is 12.5. The van der Waals surface area contributed by atoms with Gasteiger partial charge < -0.3 is 0 Å². The van der Waals surface area contributed by atoms with E-state index in [1.165, 1.54) is 27.4 Å². The Hall–Kier alpha value is -2.62. The van der Waals surface area contributed by atoms with Crippen LogP contribution in [0, 0.1) is 6.92 Å². The van der Waals surface area contributed by atoms with E-state index in [1.54, 1.807) is 0 Å². The highest BCUT2D eigenvalue weighted by Gasteiger charge is 1.99. The predicted octanol–water partition coefficient (Wildman–Crippen LogP) is 3.46. The van der Waals surface area contributed by atoms with Gasteiger partial charge in [-0.15, -0.1) is 0 Å². The Morgan fingerprint density at radius 2 is 1.43 bits per heavy atom. The summed E-state index contributed by atoms with van der Waals surface area (Å²) in [5, 5.41) is 10.7. The fourth-order valence-corrected chi connectivity index (χ4v) is 2.54. The van der Waals surface area contributed by atoms with Gasteiger partial charge >= 0.3 is 0 Å². The highest BCUT2D eigenvalue weighted by Crippen LogP contribution is 2.15. The van der Waals surface area contributed by atoms with Gasteiger partial charge in [-0.3, -0.25) is 9.36 Å². The first kappa shape index (κ1) is 13.4. The van der Waals surface area contributed by atoms with Gasteiger partial charge in [-0.2, -0.15) is 10.2 Å². The van der Waals surface area contributed by atoms with Crippen molar-refractivity contribution in [3.05, 3.63) is 60.4 Å². The van der Waals surface area contributed by atoms with E-state index in [0.717, 1.165) is 0 Å². The molecule has 4 nitrogen and oxygen atoms in total. The number of nitrogens with zero attached hydrogens (tertiary/aromatic N) is 4. The van der Waals surface area contributed by atoms with Crippen molar-refractivity contribution >= 4 is 21.8 Å². The molecule has 0 aliphatic rings. The monoisotopic (exact) mass is 278 g/mol. The first-order valence-electron chi connectivity index (χ1n) is 6.91. The van der Waals surface area contributed by atoms with E-state index in [9.17, 15) is 0 Å². The van der Waals surface area contributed by atoms with Crippen LogP contribution in [0.3, 0.4) is 0 Å². The summed E-state index contributed by atoms with van der Waals surface area (Å²) in [7, 11) is 3.91. The summed E-state index contributed by atoms with van der Waals surface area (Å²) in [6, 6.07) is 14.4. The number of rotatable bonds is 0. The fourth-order valence-electron chi connectivity index (χ4n) is 2.54. The SMILES string of the molecule is Cc1cccc2cnn(C)c12.Cn1ncc2ccccc21. The van der Waals surface area contributed by atoms with Crippen LogP contribution in [0.15, 0.2) is 54.9 Å². The van der Waals surface area contributed by atoms with Crippen LogP contribution in [0.1, 0.15) is 5.56 Å². The quantitative estimate of drug-likeness (QED) is 0.494. The summed E-state index contributed by atoms with van der Waals surface area (Å²) in [5.41, 5.74) is 3.69. The molecular formula is C17H18N4. The van der Waals surface area contributed by atoms with Crippen molar-refractivity contribution in [2.75, 3.05) is 0 Å². The molecule has 0 radical (unpaired) electrons. The Bertz CT molecular complexity index is 886. The lowest BCUT2D eigenvalue weighted by molar-refractivity contribution is 0.794. The molecule has 0 spiro atoms. The average molecular weight is 278 g/mol. The molecule has 0 aliphatic heterocycles. The Labute approximate surface area is 123 Å². The van der Waals surface area contributed by atoms with E-state index >= 15 is 0 Å². The van der Waals surface area contributed by atoms with Crippen LogP contribution >= 0.6 is 0 Å². The predicted molar refractivity (Wildman–Crippen MR) is 86.2 cm³/mol. The molecule has 106 valence electrons. The Balaban J connectivity index is 0.000000126. The van der Waals surface area contributed by atoms with Crippen LogP contribution in [0.25, 0.3) is 21.8 Å². The van der Waals surface area contributed by atoms with E-state index in [0.29, 0.717) is 0 Å². The number of hydrogen-bond acceptors (Lipinski definition) is 2. The molecule has 0 saturated carbocycles. The Morgan fingerprint density at radius 3 is 2.19 bits per heavy atom. The van der Waals surface area contributed by atoms with Gasteiger partial charge in [0, 0.05) is 24.9 Å². The van der Waals surface area contributed by atoms with Gasteiger partial charge in [0.25, 0.3) is 0 Å². The van der Waals surface area contributed by atoms with E-state index in [-0.39, 0.29) is 0 Å². The van der Waals surface area contributed by atoms with Crippen LogP contribution in [-0.4, -0.2) is 19.6 Å². The van der Waals surface area contributed by atoms with Gasteiger partial charge in [0.05, 0.1) is 23.4 Å². The van der Waals surface area contributed by atoms with Crippen molar-refractivity contribution in [1.29, 1.82) is 0 Å². The number of aromatic nitrogens is 4. The summed E-state index contributed by atoms with van der Waals surface area (Å²) in [4.78, 5) is 0. The maximum Gasteiger partial charge on any atom is 0.0708 e. The molecule has 0 fully saturated rings. The van der Waals surface area contributed by atoms with Crippen molar-refractivity contribution in [1.82, 2.24) is 19.6 Å². The van der Waals surface area contributed by atoms with Gasteiger partial charge in [0.1, 0.15) is 0 Å². The topological polar surface area (TPSA) is 35.6 Å². The Morgan fingerprint density at radius 1 is 0.762 bits per heavy atom. The zero-order chi connectivity index (χ0) is 14.8. The molecule has 2 aromatic carbocycles. The van der Waals surface area contributed by atoms with Crippen LogP contribution < -0.4 is 0 Å². The van der Waals surface area contributed by atoms with Gasteiger partial charge in [0.2, 0.25) is 0 Å². The van der Waals surface area contributed by atoms with Gasteiger partial charge in [0.15, 0.2) is 0 Å². The van der Waals surface area contributed by atoms with Crippen molar-refractivity contribution in [2.24, 2.45) is 14.1 Å². The third-order valence-corrected chi connectivity index (χ3v) is 3.62. The van der Waals surface area contributed by atoms with Crippen LogP contribution in [0.4, 0.5) is 0 Å². The molecule has 0 aliphatic carbocycles. The molecule has 0 unspecified atom stereocenters. The Kier molecular flexibility index (Phi) is 3.44. The molecule has 2 aromatic heterocycles. The third kappa shape index (κ3) is 2.52. The summed E-state index contributed by atoms with van der Waals surface area (Å²) in [5.74, 6) is 0. The molecule has 0 bridgehead atoms. The standard InChI is InChI=1S/C9H10N2.C8H8N2/c1-7-4-3-5-8-6-10-11(2)9(7)8;1-10-8-5-3-2-4-7(8)6-9-10/h3-6H,1-2H3;2-6H,1H3. The highest BCUT2D eigenvalue weighted by atomic mass is 15.3. The number of fused-ring (bicyclic) bond motifs is 2. The highest BCUT2D eigenvalue weighted by molar-refractivity contribution is 5.81. The van der Waals surface area contributed by atoms with Gasteiger partial charge in [-0.1, -0.05) is 36.4 Å². The molecule has 2 heterocycles. The first-order valence-corrected chi connectivity index (χ1v) is 6.91. The molecule has 0 saturated heterocycles. The average Bonchev–Trinajstić information content (AvgIpc) is 3.06. The number of hydrogen-bond donors (Lipinski definition) is 0. The molecule has 0 N–H and O–H groups in total. The van der Waals surface area contributed by atoms with Crippen LogP contribution in [0.2, 0.25) is 0 Å². The fraction of sp³-hybridized carbons (Fsp3) is 0.176. The summed E-state index contributed by atoms with van der Waals surface area (Å²) in [6.07, 6.45) is 3.76. The lowest BCUT2D eigenvalue weighted by atomic mass is 10.2. The molecule has 21 heavy (non-hydrogen) atoms. The second-order valence-corrected chi connectivity index (χ2v) is 5.11. The van der Waals surface area contributed by atoms with Crippen LogP contribution in [0.5, 0.6) is 0 Å². The van der Waals surface area contributed by atoms with Gasteiger partial charge in [-0.25, -0.2) is 0 Å². The molecule has 4 aromatic rings. The van der Waals surface area contributed by atoms with Crippen molar-refractivity contribution in [3.63, 3.8) is 0 Å². The van der Waals surface area contributed by atoms with Crippen LogP contribution in [-0.2, 0) is 14.1 Å². The third-order valence-electron chi connectivity index (χ3n) is 3.62. The van der Waals surface area contributed by atoms with E-state index < -0.39 is 0 Å². The zero-order valence-corrected chi connectivity index (χ0v) is 12.5. The van der Waals surface area contributed by atoms with E-state index in [2.05, 4.69) is 47.5 Å². The number of benzene rings is 2. The second kappa shape index (κ2) is 5.40. The molecular weight excluding hydrogens is 260 g/mol. The normalized spacial score (nSPS) is 10.6. The largest absolute Gasteiger partial charge is 0.268 e. The maximum atomic E-state index is 4.17. The molecule has 4 heteroatoms. The maximum absolute atomic E-state index is 4.17. The van der Waals surface area contributed by atoms with Crippen molar-refractivity contribution in [2.45, 2.75) is 6.92 Å². The smallest absolute Gasteiger partial charge is 0.0708 e.